The molecule has 0 saturated heterocycles. The summed E-state index contributed by atoms with van der Waals surface area (Å²) in [5.74, 6) is -1.78. The zero-order valence-corrected chi connectivity index (χ0v) is 16.2. The topological polar surface area (TPSA) is 125 Å². The monoisotopic (exact) mass is 389 g/mol. The van der Waals surface area contributed by atoms with Crippen molar-refractivity contribution < 1.29 is 24.3 Å². The molecule has 3 amide bonds. The van der Waals surface area contributed by atoms with E-state index in [9.17, 15) is 19.2 Å². The van der Waals surface area contributed by atoms with Gasteiger partial charge in [-0.25, -0.2) is 0 Å². The van der Waals surface area contributed by atoms with Gasteiger partial charge in [0.15, 0.2) is 0 Å². The molecular formula is C20H27N3O5. The molecule has 0 aliphatic heterocycles. The highest BCUT2D eigenvalue weighted by atomic mass is 16.4. The minimum Gasteiger partial charge on any atom is -0.480 e. The minimum absolute atomic E-state index is 0.0174. The van der Waals surface area contributed by atoms with Gasteiger partial charge < -0.3 is 21.1 Å². The number of carboxylic acid groups (broad SMARTS) is 1. The Morgan fingerprint density at radius 2 is 1.64 bits per heavy atom. The van der Waals surface area contributed by atoms with Crippen LogP contribution in [0.25, 0.3) is 0 Å². The summed E-state index contributed by atoms with van der Waals surface area (Å²) in [4.78, 5) is 47.0. The van der Waals surface area contributed by atoms with Crippen molar-refractivity contribution >= 4 is 29.4 Å². The molecule has 28 heavy (non-hydrogen) atoms. The number of rotatable bonds is 8. The zero-order chi connectivity index (χ0) is 20.7. The lowest BCUT2D eigenvalue weighted by Crippen LogP contribution is -2.38. The predicted molar refractivity (Wildman–Crippen MR) is 104 cm³/mol. The van der Waals surface area contributed by atoms with Crippen molar-refractivity contribution in [2.75, 3.05) is 5.32 Å². The molecular weight excluding hydrogens is 362 g/mol. The minimum atomic E-state index is -1.12. The van der Waals surface area contributed by atoms with Crippen molar-refractivity contribution in [3.63, 3.8) is 0 Å². The normalized spacial score (nSPS) is 16.1. The summed E-state index contributed by atoms with van der Waals surface area (Å²) >= 11 is 0. The van der Waals surface area contributed by atoms with Crippen LogP contribution in [-0.2, 0) is 14.4 Å². The highest BCUT2D eigenvalue weighted by Crippen LogP contribution is 2.24. The van der Waals surface area contributed by atoms with Crippen LogP contribution in [0.3, 0.4) is 0 Å². The Morgan fingerprint density at radius 3 is 2.21 bits per heavy atom. The summed E-state index contributed by atoms with van der Waals surface area (Å²) in [5.41, 5.74) is 0.811. The van der Waals surface area contributed by atoms with Crippen molar-refractivity contribution in [3.05, 3.63) is 29.8 Å². The van der Waals surface area contributed by atoms with Crippen molar-refractivity contribution in [2.24, 2.45) is 5.92 Å². The van der Waals surface area contributed by atoms with Gasteiger partial charge >= 0.3 is 5.97 Å². The van der Waals surface area contributed by atoms with E-state index in [1.807, 2.05) is 0 Å². The first-order chi connectivity index (χ1) is 13.3. The van der Waals surface area contributed by atoms with E-state index >= 15 is 0 Å². The first kappa shape index (κ1) is 21.4. The van der Waals surface area contributed by atoms with Crippen LogP contribution in [0, 0.1) is 5.92 Å². The molecule has 0 radical (unpaired) electrons. The second-order valence-electron chi connectivity index (χ2n) is 7.25. The number of aliphatic carboxylic acids is 1. The first-order valence-electron chi connectivity index (χ1n) is 9.50. The molecule has 2 atom stereocenters. The Balaban J connectivity index is 1.80. The second-order valence-corrected chi connectivity index (χ2v) is 7.25. The zero-order valence-electron chi connectivity index (χ0n) is 16.2. The number of anilines is 1. The van der Waals surface area contributed by atoms with Crippen LogP contribution in [0.2, 0.25) is 0 Å². The number of carbonyl (C=O) groups excluding carboxylic acids is 3. The molecule has 0 bridgehead atoms. The van der Waals surface area contributed by atoms with E-state index in [1.165, 1.54) is 19.1 Å². The molecule has 1 aliphatic carbocycles. The van der Waals surface area contributed by atoms with Gasteiger partial charge in [-0.3, -0.25) is 19.2 Å². The molecule has 1 aromatic carbocycles. The Labute approximate surface area is 164 Å². The van der Waals surface area contributed by atoms with Gasteiger partial charge in [-0.05, 0) is 51.0 Å². The smallest absolute Gasteiger partial charge is 0.325 e. The molecule has 0 spiro atoms. The lowest BCUT2D eigenvalue weighted by molar-refractivity contribution is -0.138. The maximum absolute atomic E-state index is 12.2. The van der Waals surface area contributed by atoms with Gasteiger partial charge in [0.05, 0.1) is 0 Å². The second kappa shape index (κ2) is 9.87. The largest absolute Gasteiger partial charge is 0.480 e. The van der Waals surface area contributed by atoms with E-state index in [-0.39, 0.29) is 30.2 Å². The quantitative estimate of drug-likeness (QED) is 0.541. The van der Waals surface area contributed by atoms with Crippen molar-refractivity contribution in [2.45, 2.75) is 58.0 Å². The average Bonchev–Trinajstić information content (AvgIpc) is 3.16. The van der Waals surface area contributed by atoms with Gasteiger partial charge in [-0.1, -0.05) is 12.8 Å². The predicted octanol–water partition coefficient (Wildman–Crippen LogP) is 1.91. The molecule has 4 N–H and O–H groups in total. The Morgan fingerprint density at radius 1 is 1.04 bits per heavy atom. The Kier molecular flexibility index (Phi) is 7.54. The number of amides is 3. The molecule has 1 aliphatic rings. The van der Waals surface area contributed by atoms with Crippen LogP contribution in [0.15, 0.2) is 24.3 Å². The maximum Gasteiger partial charge on any atom is 0.325 e. The van der Waals surface area contributed by atoms with Crippen LogP contribution in [0.5, 0.6) is 0 Å². The molecule has 0 aromatic heterocycles. The summed E-state index contributed by atoms with van der Waals surface area (Å²) in [6.45, 7) is 3.17. The summed E-state index contributed by atoms with van der Waals surface area (Å²) in [6, 6.07) is 4.89. The third kappa shape index (κ3) is 6.37. The molecule has 2 rings (SSSR count). The van der Waals surface area contributed by atoms with Crippen LogP contribution in [-0.4, -0.2) is 40.9 Å². The van der Waals surface area contributed by atoms with Crippen molar-refractivity contribution in [1.29, 1.82) is 0 Å². The van der Waals surface area contributed by atoms with E-state index in [4.69, 9.17) is 5.11 Å². The number of hydrogen-bond donors (Lipinski definition) is 4. The fourth-order valence-electron chi connectivity index (χ4n) is 3.14. The van der Waals surface area contributed by atoms with E-state index < -0.39 is 17.9 Å². The SMILES string of the molecule is CC(CC(=O)Nc1ccc(C(=O)NC(C)C(=O)O)cc1)NC(=O)C1CCCC1. The van der Waals surface area contributed by atoms with Crippen LogP contribution < -0.4 is 16.0 Å². The fourth-order valence-corrected chi connectivity index (χ4v) is 3.14. The molecule has 1 fully saturated rings. The third-order valence-electron chi connectivity index (χ3n) is 4.76. The number of benzene rings is 1. The van der Waals surface area contributed by atoms with Gasteiger partial charge in [0, 0.05) is 29.6 Å². The van der Waals surface area contributed by atoms with E-state index in [0.29, 0.717) is 11.3 Å². The lowest BCUT2D eigenvalue weighted by atomic mass is 10.1. The molecule has 1 aromatic rings. The van der Waals surface area contributed by atoms with Gasteiger partial charge in [-0.15, -0.1) is 0 Å². The molecule has 8 heteroatoms. The lowest BCUT2D eigenvalue weighted by Gasteiger charge is -2.17. The molecule has 8 nitrogen and oxygen atoms in total. The van der Waals surface area contributed by atoms with E-state index in [2.05, 4.69) is 16.0 Å². The molecule has 2 unspecified atom stereocenters. The van der Waals surface area contributed by atoms with E-state index in [1.54, 1.807) is 19.1 Å². The van der Waals surface area contributed by atoms with E-state index in [0.717, 1.165) is 25.7 Å². The van der Waals surface area contributed by atoms with Gasteiger partial charge in [0.2, 0.25) is 11.8 Å². The Bertz CT molecular complexity index is 726. The van der Waals surface area contributed by atoms with Gasteiger partial charge in [-0.2, -0.15) is 0 Å². The fraction of sp³-hybridized carbons (Fsp3) is 0.500. The standard InChI is InChI=1S/C20H27N3O5/c1-12(21-18(25)14-5-3-4-6-14)11-17(24)23-16-9-7-15(8-10-16)19(26)22-13(2)20(27)28/h7-10,12-14H,3-6,11H2,1-2H3,(H,21,25)(H,22,26)(H,23,24)(H,27,28). The number of hydrogen-bond acceptors (Lipinski definition) is 4. The van der Waals surface area contributed by atoms with Gasteiger partial charge in [0.1, 0.15) is 6.04 Å². The summed E-state index contributed by atoms with van der Waals surface area (Å²) in [7, 11) is 0. The van der Waals surface area contributed by atoms with Crippen LogP contribution in [0.1, 0.15) is 56.3 Å². The third-order valence-corrected chi connectivity index (χ3v) is 4.76. The number of carboxylic acids is 1. The average molecular weight is 389 g/mol. The number of nitrogens with one attached hydrogen (secondary N) is 3. The van der Waals surface area contributed by atoms with Crippen molar-refractivity contribution in [3.8, 4) is 0 Å². The summed E-state index contributed by atoms with van der Waals surface area (Å²) in [6.07, 6.45) is 4.13. The van der Waals surface area contributed by atoms with Crippen molar-refractivity contribution in [1.82, 2.24) is 10.6 Å². The summed E-state index contributed by atoms with van der Waals surface area (Å²) in [5, 5.41) is 16.8. The highest BCUT2D eigenvalue weighted by Gasteiger charge is 2.24. The highest BCUT2D eigenvalue weighted by molar-refractivity contribution is 5.97. The van der Waals surface area contributed by atoms with Crippen LogP contribution in [0.4, 0.5) is 5.69 Å². The Hall–Kier alpha value is -2.90. The van der Waals surface area contributed by atoms with Crippen LogP contribution >= 0.6 is 0 Å². The molecule has 1 saturated carbocycles. The first-order valence-corrected chi connectivity index (χ1v) is 9.50. The van der Waals surface area contributed by atoms with Gasteiger partial charge in [0.25, 0.3) is 5.91 Å². The number of carbonyl (C=O) groups is 4. The molecule has 152 valence electrons. The molecule has 0 heterocycles. The summed E-state index contributed by atoms with van der Waals surface area (Å²) < 4.78 is 0. The maximum atomic E-state index is 12.2.